The minimum atomic E-state index is -0.0171. The first-order valence-corrected chi connectivity index (χ1v) is 5.83. The topological polar surface area (TPSA) is 24.1 Å². The lowest BCUT2D eigenvalue weighted by Crippen LogP contribution is -2.49. The van der Waals surface area contributed by atoms with Gasteiger partial charge in [-0.2, -0.15) is 12.6 Å². The lowest BCUT2D eigenvalue weighted by Gasteiger charge is -2.34. The smallest absolute Gasteiger partial charge is 0.0715 e. The van der Waals surface area contributed by atoms with Crippen LogP contribution in [-0.2, 0) is 0 Å². The van der Waals surface area contributed by atoms with E-state index in [4.69, 9.17) is 0 Å². The normalized spacial score (nSPS) is 46.6. The van der Waals surface area contributed by atoms with Crippen molar-refractivity contribution < 1.29 is 0 Å². The molecule has 3 atom stereocenters. The summed E-state index contributed by atoms with van der Waals surface area (Å²) < 4.78 is 0. The molecule has 1 saturated heterocycles. The summed E-state index contributed by atoms with van der Waals surface area (Å²) in [5, 5.41) is 7.16. The summed E-state index contributed by atoms with van der Waals surface area (Å²) in [5.74, 6) is 0.836. The third kappa shape index (κ3) is 2.39. The molecule has 0 aromatic rings. The summed E-state index contributed by atoms with van der Waals surface area (Å²) in [6.45, 7) is 4.32. The van der Waals surface area contributed by atoms with Crippen molar-refractivity contribution >= 4 is 12.6 Å². The molecule has 1 aliphatic carbocycles. The van der Waals surface area contributed by atoms with Gasteiger partial charge in [-0.3, -0.25) is 5.32 Å². The number of hydrogen-bond acceptors (Lipinski definition) is 3. The van der Waals surface area contributed by atoms with E-state index in [1.165, 1.54) is 32.2 Å². The van der Waals surface area contributed by atoms with Crippen LogP contribution < -0.4 is 10.6 Å². The Labute approximate surface area is 86.3 Å². The Morgan fingerprint density at radius 1 is 1.31 bits per heavy atom. The molecule has 0 amide bonds. The Morgan fingerprint density at radius 3 is 2.92 bits per heavy atom. The lowest BCUT2D eigenvalue weighted by atomic mass is 9.84. The second-order valence-corrected chi connectivity index (χ2v) is 5.69. The van der Waals surface area contributed by atoms with E-state index in [0.29, 0.717) is 6.04 Å². The predicted octanol–water partition coefficient (Wildman–Crippen LogP) is 1.38. The highest BCUT2D eigenvalue weighted by molar-refractivity contribution is 7.81. The fourth-order valence-electron chi connectivity index (χ4n) is 2.59. The Morgan fingerprint density at radius 2 is 2.08 bits per heavy atom. The third-order valence-electron chi connectivity index (χ3n) is 3.28. The van der Waals surface area contributed by atoms with Crippen LogP contribution in [0.2, 0.25) is 0 Å². The molecule has 0 aromatic heterocycles. The van der Waals surface area contributed by atoms with Crippen LogP contribution in [0.15, 0.2) is 0 Å². The van der Waals surface area contributed by atoms with Crippen molar-refractivity contribution in [1.82, 2.24) is 10.6 Å². The van der Waals surface area contributed by atoms with Crippen LogP contribution in [-0.4, -0.2) is 24.0 Å². The highest BCUT2D eigenvalue weighted by atomic mass is 32.1. The van der Waals surface area contributed by atoms with Gasteiger partial charge in [0.1, 0.15) is 0 Å². The number of nitrogens with one attached hydrogen (secondary N) is 2. The van der Waals surface area contributed by atoms with Crippen molar-refractivity contribution in [2.75, 3.05) is 13.1 Å². The molecule has 2 aliphatic rings. The summed E-state index contributed by atoms with van der Waals surface area (Å²) in [4.78, 5) is -0.0171. The Kier molecular flexibility index (Phi) is 2.86. The number of rotatable bonds is 0. The van der Waals surface area contributed by atoms with Crippen molar-refractivity contribution in [1.29, 1.82) is 0 Å². The maximum Gasteiger partial charge on any atom is 0.0715 e. The van der Waals surface area contributed by atoms with Gasteiger partial charge in [-0.15, -0.1) is 0 Å². The summed E-state index contributed by atoms with van der Waals surface area (Å²) >= 11 is 4.63. The highest BCUT2D eigenvalue weighted by Crippen LogP contribution is 2.28. The number of thiol groups is 1. The quantitative estimate of drug-likeness (QED) is 0.515. The van der Waals surface area contributed by atoms with Crippen molar-refractivity contribution in [3.05, 3.63) is 0 Å². The molecule has 0 aromatic carbocycles. The van der Waals surface area contributed by atoms with Crippen molar-refractivity contribution in [3.8, 4) is 0 Å². The van der Waals surface area contributed by atoms with E-state index < -0.39 is 0 Å². The van der Waals surface area contributed by atoms with E-state index in [-0.39, 0.29) is 4.87 Å². The molecule has 1 heterocycles. The van der Waals surface area contributed by atoms with E-state index in [9.17, 15) is 0 Å². The number of fused-ring (bicyclic) bond motifs is 1. The fraction of sp³-hybridized carbons (Fsp3) is 1.00. The zero-order valence-electron chi connectivity index (χ0n) is 8.34. The first-order valence-electron chi connectivity index (χ1n) is 5.38. The van der Waals surface area contributed by atoms with Gasteiger partial charge < -0.3 is 5.32 Å². The highest BCUT2D eigenvalue weighted by Gasteiger charge is 2.33. The molecule has 76 valence electrons. The zero-order valence-corrected chi connectivity index (χ0v) is 9.24. The van der Waals surface area contributed by atoms with Gasteiger partial charge in [-0.05, 0) is 32.2 Å². The molecule has 0 bridgehead atoms. The van der Waals surface area contributed by atoms with Crippen LogP contribution in [0.5, 0.6) is 0 Å². The maximum atomic E-state index is 4.63. The predicted molar refractivity (Wildman–Crippen MR) is 59.1 cm³/mol. The summed E-state index contributed by atoms with van der Waals surface area (Å²) in [6, 6.07) is 0.700. The van der Waals surface area contributed by atoms with Gasteiger partial charge >= 0.3 is 0 Å². The molecule has 2 nitrogen and oxygen atoms in total. The molecule has 0 spiro atoms. The fourth-order valence-corrected chi connectivity index (χ4v) is 2.87. The molecular formula is C10H20N2S. The Balaban J connectivity index is 2.03. The summed E-state index contributed by atoms with van der Waals surface area (Å²) in [6.07, 6.45) is 5.52. The van der Waals surface area contributed by atoms with Gasteiger partial charge in [0.2, 0.25) is 0 Å². The lowest BCUT2D eigenvalue weighted by molar-refractivity contribution is 0.264. The summed E-state index contributed by atoms with van der Waals surface area (Å²) in [5.41, 5.74) is 0. The monoisotopic (exact) mass is 200 g/mol. The van der Waals surface area contributed by atoms with Gasteiger partial charge in [0.25, 0.3) is 0 Å². The van der Waals surface area contributed by atoms with Crippen LogP contribution >= 0.6 is 12.6 Å². The van der Waals surface area contributed by atoms with Crippen molar-refractivity contribution in [2.24, 2.45) is 5.92 Å². The van der Waals surface area contributed by atoms with Gasteiger partial charge in [0.15, 0.2) is 0 Å². The second kappa shape index (κ2) is 3.79. The average molecular weight is 200 g/mol. The third-order valence-corrected chi connectivity index (χ3v) is 3.57. The molecule has 2 N–H and O–H groups in total. The Bertz CT molecular complexity index is 182. The van der Waals surface area contributed by atoms with E-state index >= 15 is 0 Å². The number of hydrogen-bond donors (Lipinski definition) is 3. The molecule has 3 heteroatoms. The van der Waals surface area contributed by atoms with E-state index in [2.05, 4.69) is 30.2 Å². The first-order chi connectivity index (χ1) is 6.17. The van der Waals surface area contributed by atoms with Crippen LogP contribution in [0.25, 0.3) is 0 Å². The van der Waals surface area contributed by atoms with Gasteiger partial charge in [0.05, 0.1) is 4.87 Å². The molecule has 2 rings (SSSR count). The summed E-state index contributed by atoms with van der Waals surface area (Å²) in [7, 11) is 0. The molecule has 1 aliphatic heterocycles. The molecule has 1 saturated carbocycles. The van der Waals surface area contributed by atoms with Gasteiger partial charge in [0, 0.05) is 12.6 Å². The van der Waals surface area contributed by atoms with E-state index in [1.54, 1.807) is 0 Å². The van der Waals surface area contributed by atoms with Crippen molar-refractivity contribution in [2.45, 2.75) is 43.5 Å². The van der Waals surface area contributed by atoms with Crippen LogP contribution in [0.1, 0.15) is 32.6 Å². The van der Waals surface area contributed by atoms with Crippen LogP contribution in [0.4, 0.5) is 0 Å². The van der Waals surface area contributed by atoms with Gasteiger partial charge in [-0.1, -0.05) is 12.8 Å². The molecule has 0 radical (unpaired) electrons. The molecular weight excluding hydrogens is 180 g/mol. The maximum absolute atomic E-state index is 4.63. The molecule has 2 fully saturated rings. The minimum Gasteiger partial charge on any atom is -0.314 e. The minimum absolute atomic E-state index is 0.0171. The molecule has 3 unspecified atom stereocenters. The van der Waals surface area contributed by atoms with Crippen molar-refractivity contribution in [3.63, 3.8) is 0 Å². The van der Waals surface area contributed by atoms with Gasteiger partial charge in [-0.25, -0.2) is 0 Å². The van der Waals surface area contributed by atoms with E-state index in [1.807, 2.05) is 0 Å². The standard InChI is InChI=1S/C10H20N2S/c1-10(13)7-11-6-8-4-2-3-5-9(8)12-10/h8-9,11-13H,2-7H2,1H3. The zero-order chi connectivity index (χ0) is 9.31. The van der Waals surface area contributed by atoms with E-state index in [0.717, 1.165) is 12.5 Å². The second-order valence-electron chi connectivity index (χ2n) is 4.70. The van der Waals surface area contributed by atoms with Crippen LogP contribution in [0.3, 0.4) is 0 Å². The SMILES string of the molecule is CC1(S)CNCC2CCCCC2N1. The largest absolute Gasteiger partial charge is 0.314 e. The average Bonchev–Trinajstić information content (AvgIpc) is 2.21. The molecule has 13 heavy (non-hydrogen) atoms. The first kappa shape index (κ1) is 9.81. The Hall–Kier alpha value is 0.270. The van der Waals surface area contributed by atoms with Crippen LogP contribution in [0, 0.1) is 5.92 Å².